The Bertz CT molecular complexity index is 611. The number of nitro groups is 1. The third-order valence-corrected chi connectivity index (χ3v) is 3.03. The molecule has 0 amide bonds. The number of hydrogen-bond donors (Lipinski definition) is 1. The van der Waals surface area contributed by atoms with Gasteiger partial charge in [-0.05, 0) is 37.1 Å². The summed E-state index contributed by atoms with van der Waals surface area (Å²) in [6.45, 7) is 4.24. The molecule has 0 radical (unpaired) electrons. The average Bonchev–Trinajstić information content (AvgIpc) is 2.37. The van der Waals surface area contributed by atoms with Crippen molar-refractivity contribution in [2.45, 2.75) is 20.4 Å². The van der Waals surface area contributed by atoms with Gasteiger partial charge in [-0.2, -0.15) is 0 Å². The van der Waals surface area contributed by atoms with E-state index in [2.05, 4.69) is 10.3 Å². The molecule has 0 saturated heterocycles. The van der Waals surface area contributed by atoms with Crippen LogP contribution in [0.15, 0.2) is 36.7 Å². The van der Waals surface area contributed by atoms with Crippen molar-refractivity contribution in [1.29, 1.82) is 0 Å². The van der Waals surface area contributed by atoms with Gasteiger partial charge in [-0.1, -0.05) is 12.1 Å². The second-order valence-corrected chi connectivity index (χ2v) is 4.38. The molecule has 1 aromatic heterocycles. The Morgan fingerprint density at radius 3 is 2.74 bits per heavy atom. The van der Waals surface area contributed by atoms with Crippen molar-refractivity contribution in [3.05, 3.63) is 63.5 Å². The van der Waals surface area contributed by atoms with Crippen LogP contribution in [0.25, 0.3) is 0 Å². The lowest BCUT2D eigenvalue weighted by atomic mass is 10.1. The zero-order valence-electron chi connectivity index (χ0n) is 10.9. The molecular formula is C14H15N3O2. The van der Waals surface area contributed by atoms with E-state index in [9.17, 15) is 10.1 Å². The van der Waals surface area contributed by atoms with Crippen molar-refractivity contribution >= 4 is 11.4 Å². The van der Waals surface area contributed by atoms with Crippen LogP contribution in [0.4, 0.5) is 11.4 Å². The van der Waals surface area contributed by atoms with Crippen LogP contribution in [0.2, 0.25) is 0 Å². The fourth-order valence-electron chi connectivity index (χ4n) is 1.93. The van der Waals surface area contributed by atoms with Crippen molar-refractivity contribution < 1.29 is 4.92 Å². The predicted octanol–water partition coefficient (Wildman–Crippen LogP) is 3.22. The largest absolute Gasteiger partial charge is 0.375 e. The smallest absolute Gasteiger partial charge is 0.295 e. The van der Waals surface area contributed by atoms with Gasteiger partial charge in [0.15, 0.2) is 0 Å². The molecule has 5 heteroatoms. The van der Waals surface area contributed by atoms with Gasteiger partial charge in [0, 0.05) is 24.5 Å². The quantitative estimate of drug-likeness (QED) is 0.674. The molecule has 1 aromatic carbocycles. The van der Waals surface area contributed by atoms with E-state index in [4.69, 9.17) is 0 Å². The first-order valence-electron chi connectivity index (χ1n) is 5.97. The third kappa shape index (κ3) is 2.88. The number of para-hydroxylation sites is 1. The minimum Gasteiger partial charge on any atom is -0.375 e. The molecule has 0 atom stereocenters. The van der Waals surface area contributed by atoms with E-state index in [0.717, 1.165) is 11.1 Å². The van der Waals surface area contributed by atoms with Crippen LogP contribution in [0, 0.1) is 24.0 Å². The molecule has 2 aromatic rings. The Labute approximate surface area is 111 Å². The normalized spacial score (nSPS) is 10.2. The summed E-state index contributed by atoms with van der Waals surface area (Å²) in [7, 11) is 0. The van der Waals surface area contributed by atoms with Gasteiger partial charge >= 0.3 is 0 Å². The van der Waals surface area contributed by atoms with E-state index < -0.39 is 0 Å². The highest BCUT2D eigenvalue weighted by Gasteiger charge is 2.16. The van der Waals surface area contributed by atoms with Gasteiger partial charge in [0.2, 0.25) is 0 Å². The fraction of sp³-hybridized carbons (Fsp3) is 0.214. The van der Waals surface area contributed by atoms with Gasteiger partial charge in [-0.25, -0.2) is 0 Å². The lowest BCUT2D eigenvalue weighted by molar-refractivity contribution is -0.384. The van der Waals surface area contributed by atoms with Crippen molar-refractivity contribution in [3.8, 4) is 0 Å². The monoisotopic (exact) mass is 257 g/mol. The highest BCUT2D eigenvalue weighted by molar-refractivity contribution is 5.65. The van der Waals surface area contributed by atoms with Gasteiger partial charge in [0.1, 0.15) is 5.69 Å². The fourth-order valence-corrected chi connectivity index (χ4v) is 1.93. The van der Waals surface area contributed by atoms with Crippen LogP contribution in [-0.4, -0.2) is 9.91 Å². The standard InChI is InChI=1S/C14H15N3O2/c1-10-4-3-5-13(14(10)17(18)19)16-9-12-6-7-15-8-11(12)2/h3-8,16H,9H2,1-2H3. The number of rotatable bonds is 4. The van der Waals surface area contributed by atoms with Gasteiger partial charge in [-0.3, -0.25) is 15.1 Å². The Morgan fingerprint density at radius 1 is 1.26 bits per heavy atom. The Morgan fingerprint density at radius 2 is 2.05 bits per heavy atom. The number of pyridine rings is 1. The summed E-state index contributed by atoms with van der Waals surface area (Å²) in [4.78, 5) is 14.8. The van der Waals surface area contributed by atoms with E-state index in [0.29, 0.717) is 17.8 Å². The van der Waals surface area contributed by atoms with Gasteiger partial charge in [0.05, 0.1) is 4.92 Å². The maximum atomic E-state index is 11.1. The maximum absolute atomic E-state index is 11.1. The van der Waals surface area contributed by atoms with Crippen LogP contribution in [-0.2, 0) is 6.54 Å². The molecule has 19 heavy (non-hydrogen) atoms. The molecule has 0 unspecified atom stereocenters. The maximum Gasteiger partial charge on any atom is 0.295 e. The van der Waals surface area contributed by atoms with Crippen LogP contribution in [0.3, 0.4) is 0 Å². The second kappa shape index (κ2) is 5.48. The first-order chi connectivity index (χ1) is 9.09. The average molecular weight is 257 g/mol. The highest BCUT2D eigenvalue weighted by Crippen LogP contribution is 2.28. The van der Waals surface area contributed by atoms with E-state index in [1.807, 2.05) is 19.1 Å². The first kappa shape index (κ1) is 13.0. The SMILES string of the molecule is Cc1cnccc1CNc1cccc(C)c1[N+](=O)[O-]. The van der Waals surface area contributed by atoms with Gasteiger partial charge in [0.25, 0.3) is 5.69 Å². The summed E-state index contributed by atoms with van der Waals surface area (Å²) in [6, 6.07) is 7.18. The molecule has 0 fully saturated rings. The van der Waals surface area contributed by atoms with Crippen molar-refractivity contribution in [3.63, 3.8) is 0 Å². The van der Waals surface area contributed by atoms with Crippen molar-refractivity contribution in [2.75, 3.05) is 5.32 Å². The molecule has 0 aliphatic carbocycles. The van der Waals surface area contributed by atoms with Crippen molar-refractivity contribution in [1.82, 2.24) is 4.98 Å². The Balaban J connectivity index is 2.23. The number of aryl methyl sites for hydroxylation is 2. The molecular weight excluding hydrogens is 242 g/mol. The van der Waals surface area contributed by atoms with E-state index in [1.54, 1.807) is 31.5 Å². The van der Waals surface area contributed by atoms with Crippen LogP contribution in [0.5, 0.6) is 0 Å². The summed E-state index contributed by atoms with van der Waals surface area (Å²) in [6.07, 6.45) is 3.50. The number of anilines is 1. The van der Waals surface area contributed by atoms with E-state index in [1.165, 1.54) is 0 Å². The lowest BCUT2D eigenvalue weighted by Gasteiger charge is -2.10. The molecule has 0 saturated carbocycles. The molecule has 98 valence electrons. The molecule has 0 aliphatic heterocycles. The van der Waals surface area contributed by atoms with E-state index in [-0.39, 0.29) is 10.6 Å². The molecule has 1 heterocycles. The summed E-state index contributed by atoms with van der Waals surface area (Å²) >= 11 is 0. The molecule has 2 rings (SSSR count). The molecule has 0 bridgehead atoms. The predicted molar refractivity (Wildman–Crippen MR) is 74.1 cm³/mol. The summed E-state index contributed by atoms with van der Waals surface area (Å²) in [5.74, 6) is 0. The van der Waals surface area contributed by atoms with Gasteiger partial charge in [-0.15, -0.1) is 0 Å². The zero-order chi connectivity index (χ0) is 13.8. The number of hydrogen-bond acceptors (Lipinski definition) is 4. The van der Waals surface area contributed by atoms with Crippen molar-refractivity contribution in [2.24, 2.45) is 0 Å². The minimum absolute atomic E-state index is 0.134. The molecule has 5 nitrogen and oxygen atoms in total. The molecule has 0 spiro atoms. The zero-order valence-corrected chi connectivity index (χ0v) is 10.9. The van der Waals surface area contributed by atoms with Crippen LogP contribution < -0.4 is 5.32 Å². The Kier molecular flexibility index (Phi) is 3.75. The van der Waals surface area contributed by atoms with Crippen LogP contribution in [0.1, 0.15) is 16.7 Å². The Hall–Kier alpha value is -2.43. The second-order valence-electron chi connectivity index (χ2n) is 4.38. The topological polar surface area (TPSA) is 68.1 Å². The molecule has 0 aliphatic rings. The first-order valence-corrected chi connectivity index (χ1v) is 5.97. The molecule has 1 N–H and O–H groups in total. The van der Waals surface area contributed by atoms with Crippen LogP contribution >= 0.6 is 0 Å². The number of aromatic nitrogens is 1. The highest BCUT2D eigenvalue weighted by atomic mass is 16.6. The number of benzene rings is 1. The summed E-state index contributed by atoms with van der Waals surface area (Å²) < 4.78 is 0. The number of nitrogens with one attached hydrogen (secondary N) is 1. The summed E-state index contributed by atoms with van der Waals surface area (Å²) in [5, 5.41) is 14.2. The number of nitro benzene ring substituents is 1. The lowest BCUT2D eigenvalue weighted by Crippen LogP contribution is -2.05. The van der Waals surface area contributed by atoms with E-state index >= 15 is 0 Å². The number of nitrogens with zero attached hydrogens (tertiary/aromatic N) is 2. The minimum atomic E-state index is -0.350. The van der Waals surface area contributed by atoms with Gasteiger partial charge < -0.3 is 5.32 Å². The third-order valence-electron chi connectivity index (χ3n) is 3.03. The summed E-state index contributed by atoms with van der Waals surface area (Å²) in [5.41, 5.74) is 3.47.